The maximum atomic E-state index is 11.8. The van der Waals surface area contributed by atoms with Gasteiger partial charge in [-0.1, -0.05) is 24.9 Å². The number of rotatable bonds is 6. The number of nitrogens with one attached hydrogen (secondary N) is 1. The molecular formula is C12H17ClN2O3. The van der Waals surface area contributed by atoms with Crippen LogP contribution in [0.25, 0.3) is 0 Å². The lowest BCUT2D eigenvalue weighted by Gasteiger charge is -2.10. The van der Waals surface area contributed by atoms with Crippen molar-refractivity contribution in [3.63, 3.8) is 0 Å². The first-order chi connectivity index (χ1) is 8.56. The predicted octanol–water partition coefficient (Wildman–Crippen LogP) is 0.770. The molecule has 0 saturated heterocycles. The number of hydrogen-bond donors (Lipinski definition) is 3. The van der Waals surface area contributed by atoms with E-state index in [2.05, 4.69) is 10.3 Å². The fourth-order valence-electron chi connectivity index (χ4n) is 1.44. The average molecular weight is 273 g/mol. The Hall–Kier alpha value is -1.17. The van der Waals surface area contributed by atoms with Gasteiger partial charge >= 0.3 is 0 Å². The third-order valence-corrected chi connectivity index (χ3v) is 2.52. The lowest BCUT2D eigenvalue weighted by Crippen LogP contribution is -2.33. The summed E-state index contributed by atoms with van der Waals surface area (Å²) in [4.78, 5) is 15.9. The average Bonchev–Trinajstić information content (AvgIpc) is 2.35. The molecule has 3 N–H and O–H groups in total. The van der Waals surface area contributed by atoms with E-state index in [9.17, 15) is 4.79 Å². The summed E-state index contributed by atoms with van der Waals surface area (Å²) in [5.41, 5.74) is 1.17. The number of carbonyl (C=O) groups is 1. The van der Waals surface area contributed by atoms with Crippen LogP contribution in [0.2, 0.25) is 5.15 Å². The summed E-state index contributed by atoms with van der Waals surface area (Å²) in [5, 5.41) is 20.6. The zero-order valence-corrected chi connectivity index (χ0v) is 10.9. The van der Waals surface area contributed by atoms with E-state index in [0.29, 0.717) is 5.56 Å². The maximum Gasteiger partial charge on any atom is 0.251 e. The number of hydrogen-bond acceptors (Lipinski definition) is 4. The second kappa shape index (κ2) is 7.31. The molecule has 1 amide bonds. The van der Waals surface area contributed by atoms with Crippen molar-refractivity contribution in [3.8, 4) is 0 Å². The Labute approximate surface area is 111 Å². The molecule has 1 atom stereocenters. The van der Waals surface area contributed by atoms with Gasteiger partial charge in [-0.05, 0) is 18.6 Å². The van der Waals surface area contributed by atoms with Gasteiger partial charge in [-0.2, -0.15) is 0 Å². The standard InChI is InChI=1S/C12H17ClN2O3/c1-2-3-9-4-8(5-11(13)15-9)12(18)14-6-10(17)7-16/h4-5,10,16-17H,2-3,6-7H2,1H3,(H,14,18). The van der Waals surface area contributed by atoms with E-state index in [1.165, 1.54) is 6.07 Å². The van der Waals surface area contributed by atoms with Crippen LogP contribution in [-0.4, -0.2) is 40.4 Å². The van der Waals surface area contributed by atoms with Gasteiger partial charge in [-0.25, -0.2) is 4.98 Å². The van der Waals surface area contributed by atoms with Crippen molar-refractivity contribution in [1.82, 2.24) is 10.3 Å². The van der Waals surface area contributed by atoms with Gasteiger partial charge in [0.05, 0.1) is 12.7 Å². The highest BCUT2D eigenvalue weighted by Crippen LogP contribution is 2.12. The summed E-state index contributed by atoms with van der Waals surface area (Å²) < 4.78 is 0. The minimum absolute atomic E-state index is 0.00160. The lowest BCUT2D eigenvalue weighted by atomic mass is 10.1. The van der Waals surface area contributed by atoms with Crippen molar-refractivity contribution in [2.45, 2.75) is 25.9 Å². The van der Waals surface area contributed by atoms with E-state index in [4.69, 9.17) is 21.8 Å². The van der Waals surface area contributed by atoms with E-state index in [1.807, 2.05) is 6.92 Å². The summed E-state index contributed by atoms with van der Waals surface area (Å²) in [7, 11) is 0. The molecule has 0 bridgehead atoms. The smallest absolute Gasteiger partial charge is 0.251 e. The Kier molecular flexibility index (Phi) is 6.04. The van der Waals surface area contributed by atoms with Gasteiger partial charge in [0, 0.05) is 17.8 Å². The number of aromatic nitrogens is 1. The zero-order valence-electron chi connectivity index (χ0n) is 10.2. The van der Waals surface area contributed by atoms with Crippen molar-refractivity contribution in [3.05, 3.63) is 28.5 Å². The number of nitrogens with zero attached hydrogens (tertiary/aromatic N) is 1. The fraction of sp³-hybridized carbons (Fsp3) is 0.500. The first kappa shape index (κ1) is 14.9. The fourth-order valence-corrected chi connectivity index (χ4v) is 1.67. The molecule has 1 rings (SSSR count). The number of amides is 1. The van der Waals surface area contributed by atoms with Crippen LogP contribution in [0.4, 0.5) is 0 Å². The molecule has 0 spiro atoms. The molecule has 0 aliphatic heterocycles. The summed E-state index contributed by atoms with van der Waals surface area (Å²) in [6.07, 6.45) is 0.707. The third-order valence-electron chi connectivity index (χ3n) is 2.32. The molecular weight excluding hydrogens is 256 g/mol. The quantitative estimate of drug-likeness (QED) is 0.668. The minimum Gasteiger partial charge on any atom is -0.394 e. The minimum atomic E-state index is -0.957. The normalized spacial score (nSPS) is 12.2. The number of aliphatic hydroxyl groups excluding tert-OH is 2. The summed E-state index contributed by atoms with van der Waals surface area (Å²) in [6.45, 7) is 1.62. The highest BCUT2D eigenvalue weighted by atomic mass is 35.5. The number of aryl methyl sites for hydroxylation is 1. The van der Waals surface area contributed by atoms with Gasteiger partial charge in [0.1, 0.15) is 5.15 Å². The molecule has 0 fully saturated rings. The van der Waals surface area contributed by atoms with Crippen molar-refractivity contribution in [2.24, 2.45) is 0 Å². The summed E-state index contributed by atoms with van der Waals surface area (Å²) >= 11 is 5.84. The van der Waals surface area contributed by atoms with E-state index in [0.717, 1.165) is 18.5 Å². The molecule has 6 heteroatoms. The second-order valence-corrected chi connectivity index (χ2v) is 4.35. The first-order valence-corrected chi connectivity index (χ1v) is 6.18. The van der Waals surface area contributed by atoms with Crippen LogP contribution in [0.5, 0.6) is 0 Å². The Balaban J connectivity index is 2.72. The largest absolute Gasteiger partial charge is 0.394 e. The van der Waals surface area contributed by atoms with E-state index in [1.54, 1.807) is 6.07 Å². The van der Waals surface area contributed by atoms with Crippen LogP contribution in [0, 0.1) is 0 Å². The molecule has 1 unspecified atom stereocenters. The molecule has 18 heavy (non-hydrogen) atoms. The Morgan fingerprint density at radius 3 is 2.89 bits per heavy atom. The Bertz CT molecular complexity index is 412. The van der Waals surface area contributed by atoms with E-state index < -0.39 is 12.7 Å². The summed E-state index contributed by atoms with van der Waals surface area (Å²) in [5.74, 6) is -0.343. The van der Waals surface area contributed by atoms with Gasteiger partial charge in [0.15, 0.2) is 0 Å². The van der Waals surface area contributed by atoms with Crippen LogP contribution in [-0.2, 0) is 6.42 Å². The van der Waals surface area contributed by atoms with Crippen LogP contribution in [0.3, 0.4) is 0 Å². The molecule has 0 radical (unpaired) electrons. The Morgan fingerprint density at radius 2 is 2.28 bits per heavy atom. The third kappa shape index (κ3) is 4.60. The van der Waals surface area contributed by atoms with Crippen molar-refractivity contribution < 1.29 is 15.0 Å². The number of pyridine rings is 1. The highest BCUT2D eigenvalue weighted by molar-refractivity contribution is 6.29. The van der Waals surface area contributed by atoms with Gasteiger partial charge in [-0.3, -0.25) is 4.79 Å². The summed E-state index contributed by atoms with van der Waals surface area (Å²) in [6, 6.07) is 3.15. The number of carbonyl (C=O) groups excluding carboxylic acids is 1. The Morgan fingerprint density at radius 1 is 1.56 bits per heavy atom. The first-order valence-electron chi connectivity index (χ1n) is 5.80. The molecule has 1 aromatic heterocycles. The molecule has 5 nitrogen and oxygen atoms in total. The van der Waals surface area contributed by atoms with Crippen molar-refractivity contribution in [1.29, 1.82) is 0 Å². The van der Waals surface area contributed by atoms with Gasteiger partial charge in [0.2, 0.25) is 0 Å². The van der Waals surface area contributed by atoms with Crippen LogP contribution < -0.4 is 5.32 Å². The highest BCUT2D eigenvalue weighted by Gasteiger charge is 2.10. The lowest BCUT2D eigenvalue weighted by molar-refractivity contribution is 0.0802. The molecule has 1 aromatic rings. The van der Waals surface area contributed by atoms with E-state index in [-0.39, 0.29) is 17.6 Å². The zero-order chi connectivity index (χ0) is 13.5. The number of aliphatic hydroxyl groups is 2. The number of halogens is 1. The van der Waals surface area contributed by atoms with Gasteiger partial charge in [0.25, 0.3) is 5.91 Å². The van der Waals surface area contributed by atoms with Gasteiger partial charge in [-0.15, -0.1) is 0 Å². The van der Waals surface area contributed by atoms with Crippen LogP contribution in [0.15, 0.2) is 12.1 Å². The van der Waals surface area contributed by atoms with Crippen LogP contribution in [0.1, 0.15) is 29.4 Å². The van der Waals surface area contributed by atoms with Gasteiger partial charge < -0.3 is 15.5 Å². The topological polar surface area (TPSA) is 82.5 Å². The monoisotopic (exact) mass is 272 g/mol. The van der Waals surface area contributed by atoms with Crippen molar-refractivity contribution >= 4 is 17.5 Å². The maximum absolute atomic E-state index is 11.8. The molecule has 0 aliphatic rings. The molecule has 1 heterocycles. The van der Waals surface area contributed by atoms with Crippen LogP contribution >= 0.6 is 11.6 Å². The molecule has 100 valence electrons. The molecule has 0 aliphatic carbocycles. The van der Waals surface area contributed by atoms with Crippen molar-refractivity contribution in [2.75, 3.05) is 13.2 Å². The molecule has 0 saturated carbocycles. The predicted molar refractivity (Wildman–Crippen MR) is 68.7 cm³/mol. The second-order valence-electron chi connectivity index (χ2n) is 3.97. The van der Waals surface area contributed by atoms with E-state index >= 15 is 0 Å². The molecule has 0 aromatic carbocycles. The SMILES string of the molecule is CCCc1cc(C(=O)NCC(O)CO)cc(Cl)n1.